The summed E-state index contributed by atoms with van der Waals surface area (Å²) in [6.07, 6.45) is -0.940. The third-order valence-electron chi connectivity index (χ3n) is 1.63. The molecule has 5 nitrogen and oxygen atoms in total. The summed E-state index contributed by atoms with van der Waals surface area (Å²) >= 11 is 1.46. The molecule has 1 aromatic rings. The average molecular weight is 214 g/mol. The zero-order valence-electron chi connectivity index (χ0n) is 7.27. The normalized spacial score (nSPS) is 12.0. The van der Waals surface area contributed by atoms with Crippen molar-refractivity contribution in [2.45, 2.75) is 12.5 Å². The lowest BCUT2D eigenvalue weighted by Gasteiger charge is -2.11. The molecule has 0 aliphatic rings. The fourth-order valence-electron chi connectivity index (χ4n) is 1.00. The molecule has 76 valence electrons. The Morgan fingerprint density at radius 1 is 1.64 bits per heavy atom. The number of amides is 2. The molecule has 0 aliphatic carbocycles. The van der Waals surface area contributed by atoms with E-state index in [0.717, 1.165) is 4.88 Å². The zero-order valence-corrected chi connectivity index (χ0v) is 8.08. The van der Waals surface area contributed by atoms with E-state index < -0.39 is 18.0 Å². The molecule has 14 heavy (non-hydrogen) atoms. The Morgan fingerprint density at radius 2 is 2.36 bits per heavy atom. The Balaban J connectivity index is 2.60. The molecule has 0 spiro atoms. The Hall–Kier alpha value is -1.56. The number of hydrogen-bond donors (Lipinski definition) is 3. The van der Waals surface area contributed by atoms with Crippen molar-refractivity contribution in [1.82, 2.24) is 5.32 Å². The maximum atomic E-state index is 10.9. The number of thiophene rings is 1. The zero-order chi connectivity index (χ0) is 10.6. The van der Waals surface area contributed by atoms with Crippen LogP contribution in [-0.2, 0) is 11.2 Å². The van der Waals surface area contributed by atoms with E-state index in [9.17, 15) is 9.59 Å². The fourth-order valence-corrected chi connectivity index (χ4v) is 1.75. The highest BCUT2D eigenvalue weighted by Crippen LogP contribution is 2.10. The van der Waals surface area contributed by atoms with Gasteiger partial charge in [-0.3, -0.25) is 4.79 Å². The molecule has 0 bridgehead atoms. The van der Waals surface area contributed by atoms with Crippen LogP contribution in [0.3, 0.4) is 0 Å². The molecule has 2 amide bonds. The number of carbonyl (C=O) groups excluding carboxylic acids is 1. The predicted molar refractivity (Wildman–Crippen MR) is 52.2 cm³/mol. The van der Waals surface area contributed by atoms with Gasteiger partial charge in [-0.1, -0.05) is 6.07 Å². The van der Waals surface area contributed by atoms with E-state index in [1.807, 2.05) is 17.5 Å². The van der Waals surface area contributed by atoms with E-state index in [1.54, 1.807) is 0 Å². The lowest BCUT2D eigenvalue weighted by molar-refractivity contribution is -0.119. The van der Waals surface area contributed by atoms with Crippen LogP contribution in [-0.4, -0.2) is 23.1 Å². The second-order valence-electron chi connectivity index (χ2n) is 2.69. The second-order valence-corrected chi connectivity index (χ2v) is 3.72. The van der Waals surface area contributed by atoms with Gasteiger partial charge in [-0.2, -0.15) is 0 Å². The highest BCUT2D eigenvalue weighted by molar-refractivity contribution is 7.09. The molecule has 0 fully saturated rings. The van der Waals surface area contributed by atoms with Crippen LogP contribution in [0.5, 0.6) is 0 Å². The third kappa shape index (κ3) is 3.06. The third-order valence-corrected chi connectivity index (χ3v) is 2.53. The van der Waals surface area contributed by atoms with Crippen LogP contribution in [0.15, 0.2) is 17.5 Å². The SMILES string of the molecule is NC(=O)[C@@H](Cc1cccs1)NC(=O)O. The number of carboxylic acid groups (broad SMARTS) is 1. The summed E-state index contributed by atoms with van der Waals surface area (Å²) in [7, 11) is 0. The summed E-state index contributed by atoms with van der Waals surface area (Å²) in [5, 5.41) is 12.4. The van der Waals surface area contributed by atoms with Crippen LogP contribution < -0.4 is 11.1 Å². The van der Waals surface area contributed by atoms with Gasteiger partial charge >= 0.3 is 6.09 Å². The monoisotopic (exact) mass is 214 g/mol. The van der Waals surface area contributed by atoms with Gasteiger partial charge in [-0.05, 0) is 11.4 Å². The van der Waals surface area contributed by atoms with Crippen molar-refractivity contribution in [2.24, 2.45) is 5.73 Å². The fraction of sp³-hybridized carbons (Fsp3) is 0.250. The minimum atomic E-state index is -1.25. The molecule has 0 aliphatic heterocycles. The molecule has 1 aromatic heterocycles. The van der Waals surface area contributed by atoms with Gasteiger partial charge in [0, 0.05) is 11.3 Å². The molecule has 0 saturated heterocycles. The maximum absolute atomic E-state index is 10.9. The van der Waals surface area contributed by atoms with Crippen LogP contribution in [0.1, 0.15) is 4.88 Å². The first-order valence-corrected chi connectivity index (χ1v) is 4.78. The van der Waals surface area contributed by atoms with Gasteiger partial charge < -0.3 is 16.2 Å². The molecule has 0 saturated carbocycles. The summed E-state index contributed by atoms with van der Waals surface area (Å²) in [6.45, 7) is 0. The molecule has 4 N–H and O–H groups in total. The Kier molecular flexibility index (Phi) is 3.47. The molecular weight excluding hydrogens is 204 g/mol. The first kappa shape index (κ1) is 10.5. The van der Waals surface area contributed by atoms with Gasteiger partial charge in [0.15, 0.2) is 0 Å². The van der Waals surface area contributed by atoms with Crippen LogP contribution in [0.4, 0.5) is 4.79 Å². The first-order valence-electron chi connectivity index (χ1n) is 3.90. The number of nitrogens with one attached hydrogen (secondary N) is 1. The molecule has 1 atom stereocenters. The van der Waals surface area contributed by atoms with E-state index in [-0.39, 0.29) is 0 Å². The maximum Gasteiger partial charge on any atom is 0.405 e. The van der Waals surface area contributed by atoms with Crippen molar-refractivity contribution in [3.05, 3.63) is 22.4 Å². The topological polar surface area (TPSA) is 92.4 Å². The van der Waals surface area contributed by atoms with Gasteiger partial charge in [-0.25, -0.2) is 4.79 Å². The van der Waals surface area contributed by atoms with Crippen molar-refractivity contribution in [3.8, 4) is 0 Å². The standard InChI is InChI=1S/C8H10N2O3S/c9-7(11)6(10-8(12)13)4-5-2-1-3-14-5/h1-3,6,10H,4H2,(H2,9,11)(H,12,13)/t6-/m1/s1. The number of carbonyl (C=O) groups is 2. The molecule has 1 heterocycles. The quantitative estimate of drug-likeness (QED) is 0.677. The van der Waals surface area contributed by atoms with Gasteiger partial charge in [-0.15, -0.1) is 11.3 Å². The summed E-state index contributed by atoms with van der Waals surface area (Å²) < 4.78 is 0. The Bertz CT molecular complexity index is 323. The van der Waals surface area contributed by atoms with Crippen molar-refractivity contribution < 1.29 is 14.7 Å². The predicted octanol–water partition coefficient (Wildman–Crippen LogP) is 0.412. The summed E-state index contributed by atoms with van der Waals surface area (Å²) in [5.74, 6) is -0.666. The van der Waals surface area contributed by atoms with Gasteiger partial charge in [0.05, 0.1) is 0 Å². The molecule has 0 aromatic carbocycles. The van der Waals surface area contributed by atoms with Crippen LogP contribution in [0.2, 0.25) is 0 Å². The molecular formula is C8H10N2O3S. The van der Waals surface area contributed by atoms with Crippen molar-refractivity contribution in [2.75, 3.05) is 0 Å². The lowest BCUT2D eigenvalue weighted by Crippen LogP contribution is -2.45. The second kappa shape index (κ2) is 4.61. The Morgan fingerprint density at radius 3 is 2.79 bits per heavy atom. The van der Waals surface area contributed by atoms with Crippen molar-refractivity contribution in [1.29, 1.82) is 0 Å². The van der Waals surface area contributed by atoms with E-state index in [0.29, 0.717) is 6.42 Å². The number of primary amides is 1. The van der Waals surface area contributed by atoms with Gasteiger partial charge in [0.25, 0.3) is 0 Å². The minimum absolute atomic E-state index is 0.305. The summed E-state index contributed by atoms with van der Waals surface area (Å²) in [5.41, 5.74) is 5.04. The largest absolute Gasteiger partial charge is 0.465 e. The van der Waals surface area contributed by atoms with E-state index in [1.165, 1.54) is 11.3 Å². The highest BCUT2D eigenvalue weighted by atomic mass is 32.1. The number of nitrogens with two attached hydrogens (primary N) is 1. The summed E-state index contributed by atoms with van der Waals surface area (Å²) in [6, 6.07) is 2.80. The van der Waals surface area contributed by atoms with E-state index >= 15 is 0 Å². The Labute approximate surface area is 84.5 Å². The van der Waals surface area contributed by atoms with Gasteiger partial charge in [0.1, 0.15) is 6.04 Å². The first-order chi connectivity index (χ1) is 6.59. The molecule has 1 rings (SSSR count). The van der Waals surface area contributed by atoms with Crippen molar-refractivity contribution >= 4 is 23.3 Å². The van der Waals surface area contributed by atoms with E-state index in [4.69, 9.17) is 10.8 Å². The molecule has 0 unspecified atom stereocenters. The van der Waals surface area contributed by atoms with E-state index in [2.05, 4.69) is 5.32 Å². The summed E-state index contributed by atoms with van der Waals surface area (Å²) in [4.78, 5) is 22.1. The van der Waals surface area contributed by atoms with Gasteiger partial charge in [0.2, 0.25) is 5.91 Å². The lowest BCUT2D eigenvalue weighted by atomic mass is 10.2. The number of hydrogen-bond acceptors (Lipinski definition) is 3. The molecule has 0 radical (unpaired) electrons. The van der Waals surface area contributed by atoms with Crippen molar-refractivity contribution in [3.63, 3.8) is 0 Å². The van der Waals surface area contributed by atoms with Crippen LogP contribution in [0, 0.1) is 0 Å². The number of rotatable bonds is 4. The van der Waals surface area contributed by atoms with Crippen LogP contribution in [0.25, 0.3) is 0 Å². The average Bonchev–Trinajstić information content (AvgIpc) is 2.54. The smallest absolute Gasteiger partial charge is 0.405 e. The molecule has 6 heteroatoms. The minimum Gasteiger partial charge on any atom is -0.465 e. The van der Waals surface area contributed by atoms with Crippen LogP contribution >= 0.6 is 11.3 Å². The highest BCUT2D eigenvalue weighted by Gasteiger charge is 2.18.